The van der Waals surface area contributed by atoms with Gasteiger partial charge in [-0.25, -0.2) is 0 Å². The molecule has 0 spiro atoms. The van der Waals surface area contributed by atoms with Crippen LogP contribution in [0.2, 0.25) is 0 Å². The average molecular weight is 304 g/mol. The second kappa shape index (κ2) is 9.63. The maximum Gasteiger partial charge on any atom is -0.00878 e. The van der Waals surface area contributed by atoms with E-state index < -0.39 is 0 Å². The van der Waals surface area contributed by atoms with Crippen molar-refractivity contribution in [3.8, 4) is 0 Å². The van der Waals surface area contributed by atoms with Crippen LogP contribution in [0.15, 0.2) is 55.7 Å². The van der Waals surface area contributed by atoms with Gasteiger partial charge in [-0.05, 0) is 53.3 Å². The van der Waals surface area contributed by atoms with Gasteiger partial charge in [-0.15, -0.1) is 6.58 Å². The summed E-state index contributed by atoms with van der Waals surface area (Å²) in [6, 6.07) is 8.53. The molecule has 2 aromatic rings. The summed E-state index contributed by atoms with van der Waals surface area (Å²) in [5.74, 6) is 0. The van der Waals surface area contributed by atoms with Crippen molar-refractivity contribution in [3.63, 3.8) is 0 Å². The molecule has 0 bridgehead atoms. The number of rotatable bonds is 5. The SMILES string of the molecule is C=CCc1c(/C=C\C)c(C=C)c2ccccc2c1/C=C\C.CC. The van der Waals surface area contributed by atoms with Crippen molar-refractivity contribution in [2.75, 3.05) is 0 Å². The highest BCUT2D eigenvalue weighted by atomic mass is 14.2. The van der Waals surface area contributed by atoms with Gasteiger partial charge in [0.25, 0.3) is 0 Å². The van der Waals surface area contributed by atoms with Crippen LogP contribution in [0.4, 0.5) is 0 Å². The van der Waals surface area contributed by atoms with Gasteiger partial charge in [0.15, 0.2) is 0 Å². The van der Waals surface area contributed by atoms with Crippen molar-refractivity contribution in [1.29, 1.82) is 0 Å². The zero-order valence-corrected chi connectivity index (χ0v) is 14.9. The molecule has 0 fully saturated rings. The molecule has 0 aliphatic heterocycles. The van der Waals surface area contributed by atoms with Gasteiger partial charge in [-0.2, -0.15) is 0 Å². The summed E-state index contributed by atoms with van der Waals surface area (Å²) in [5.41, 5.74) is 5.05. The van der Waals surface area contributed by atoms with Gasteiger partial charge in [0.2, 0.25) is 0 Å². The number of benzene rings is 2. The summed E-state index contributed by atoms with van der Waals surface area (Å²) in [6.45, 7) is 16.1. The molecule has 23 heavy (non-hydrogen) atoms. The zero-order chi connectivity index (χ0) is 17.2. The van der Waals surface area contributed by atoms with E-state index in [0.717, 1.165) is 6.42 Å². The van der Waals surface area contributed by atoms with E-state index in [-0.39, 0.29) is 0 Å². The van der Waals surface area contributed by atoms with Crippen LogP contribution in [0.25, 0.3) is 29.0 Å². The third-order valence-electron chi connectivity index (χ3n) is 3.67. The molecule has 0 N–H and O–H groups in total. The maximum absolute atomic E-state index is 4.02. The Hall–Kier alpha value is -2.34. The van der Waals surface area contributed by atoms with Crippen LogP contribution in [0.5, 0.6) is 0 Å². The fourth-order valence-electron chi connectivity index (χ4n) is 2.87. The number of allylic oxidation sites excluding steroid dienone is 3. The van der Waals surface area contributed by atoms with Crippen LogP contribution in [0.1, 0.15) is 49.9 Å². The van der Waals surface area contributed by atoms with Crippen molar-refractivity contribution in [2.45, 2.75) is 34.1 Å². The molecule has 0 unspecified atom stereocenters. The van der Waals surface area contributed by atoms with Gasteiger partial charge in [-0.1, -0.05) is 81.1 Å². The first-order chi connectivity index (χ1) is 11.3. The predicted molar refractivity (Wildman–Crippen MR) is 109 cm³/mol. The standard InChI is InChI=1S/C21H22.C2H6/c1-5-11-17-16(8-4)20-14-9-10-15-21(20)19(13-7-3)18(17)12-6-2;1-2/h5-11,13-15H,2,4,12H2,1,3H3;1-2H3/b11-5-,13-7-;. The summed E-state index contributed by atoms with van der Waals surface area (Å²) in [5, 5.41) is 2.53. The molecule has 0 aliphatic rings. The van der Waals surface area contributed by atoms with Crippen molar-refractivity contribution >= 4 is 29.0 Å². The Morgan fingerprint density at radius 3 is 1.83 bits per heavy atom. The van der Waals surface area contributed by atoms with Crippen LogP contribution in [0.3, 0.4) is 0 Å². The first-order valence-corrected chi connectivity index (χ1v) is 8.34. The molecule has 0 atom stereocenters. The largest absolute Gasteiger partial charge is 0.103 e. The smallest absolute Gasteiger partial charge is 0.00878 e. The second-order valence-electron chi connectivity index (χ2n) is 4.96. The van der Waals surface area contributed by atoms with Gasteiger partial charge >= 0.3 is 0 Å². The van der Waals surface area contributed by atoms with Gasteiger partial charge in [0.1, 0.15) is 0 Å². The van der Waals surface area contributed by atoms with Crippen molar-refractivity contribution < 1.29 is 0 Å². The second-order valence-corrected chi connectivity index (χ2v) is 4.96. The molecule has 0 amide bonds. The summed E-state index contributed by atoms with van der Waals surface area (Å²) in [7, 11) is 0. The molecule has 0 aromatic heterocycles. The average Bonchev–Trinajstić information content (AvgIpc) is 2.60. The van der Waals surface area contributed by atoms with Crippen LogP contribution >= 0.6 is 0 Å². The molecule has 120 valence electrons. The monoisotopic (exact) mass is 304 g/mol. The van der Waals surface area contributed by atoms with E-state index >= 15 is 0 Å². The van der Waals surface area contributed by atoms with E-state index in [9.17, 15) is 0 Å². The zero-order valence-electron chi connectivity index (χ0n) is 14.9. The lowest BCUT2D eigenvalue weighted by Gasteiger charge is -2.17. The Labute approximate surface area is 141 Å². The van der Waals surface area contributed by atoms with E-state index in [1.165, 1.54) is 33.0 Å². The molecule has 2 aromatic carbocycles. The lowest BCUT2D eigenvalue weighted by atomic mass is 9.87. The first kappa shape index (κ1) is 18.7. The first-order valence-electron chi connectivity index (χ1n) is 8.34. The van der Waals surface area contributed by atoms with Gasteiger partial charge in [0.05, 0.1) is 0 Å². The van der Waals surface area contributed by atoms with Crippen LogP contribution in [-0.2, 0) is 6.42 Å². The minimum atomic E-state index is 0.852. The van der Waals surface area contributed by atoms with Gasteiger partial charge in [-0.3, -0.25) is 0 Å². The lowest BCUT2D eigenvalue weighted by molar-refractivity contribution is 1.26. The summed E-state index contributed by atoms with van der Waals surface area (Å²) < 4.78 is 0. The molecule has 0 aliphatic carbocycles. The summed E-state index contributed by atoms with van der Waals surface area (Å²) in [6.07, 6.45) is 13.3. The summed E-state index contributed by atoms with van der Waals surface area (Å²) in [4.78, 5) is 0. The fraction of sp³-hybridized carbons (Fsp3) is 0.217. The molecule has 0 saturated heterocycles. The Balaban J connectivity index is 0.00000127. The molecule has 0 heteroatoms. The lowest BCUT2D eigenvalue weighted by Crippen LogP contribution is -1.98. The maximum atomic E-state index is 4.02. The molecular formula is C23H28. The van der Waals surface area contributed by atoms with E-state index in [2.05, 4.69) is 75.6 Å². The number of hydrogen-bond acceptors (Lipinski definition) is 0. The topological polar surface area (TPSA) is 0 Å². The number of fused-ring (bicyclic) bond motifs is 1. The Morgan fingerprint density at radius 1 is 0.826 bits per heavy atom. The Bertz CT molecular complexity index is 727. The molecule has 0 nitrogen and oxygen atoms in total. The minimum Gasteiger partial charge on any atom is -0.103 e. The van der Waals surface area contributed by atoms with Crippen LogP contribution < -0.4 is 0 Å². The molecular weight excluding hydrogens is 276 g/mol. The van der Waals surface area contributed by atoms with Crippen molar-refractivity contribution in [2.24, 2.45) is 0 Å². The third kappa shape index (κ3) is 3.90. The fourth-order valence-corrected chi connectivity index (χ4v) is 2.87. The molecule has 0 saturated carbocycles. The Kier molecular flexibility index (Phi) is 7.83. The van der Waals surface area contributed by atoms with Crippen LogP contribution in [0, 0.1) is 0 Å². The highest BCUT2D eigenvalue weighted by Crippen LogP contribution is 2.34. The highest BCUT2D eigenvalue weighted by Gasteiger charge is 2.13. The van der Waals surface area contributed by atoms with Gasteiger partial charge in [0, 0.05) is 0 Å². The van der Waals surface area contributed by atoms with E-state index in [1.54, 1.807) is 0 Å². The minimum absolute atomic E-state index is 0.852. The Morgan fingerprint density at radius 2 is 1.35 bits per heavy atom. The van der Waals surface area contributed by atoms with E-state index in [1.807, 2.05) is 26.0 Å². The normalized spacial score (nSPS) is 10.8. The van der Waals surface area contributed by atoms with Crippen LogP contribution in [-0.4, -0.2) is 0 Å². The predicted octanol–water partition coefficient (Wildman–Crippen LogP) is 7.30. The quantitative estimate of drug-likeness (QED) is 0.508. The van der Waals surface area contributed by atoms with Crippen molar-refractivity contribution in [1.82, 2.24) is 0 Å². The summed E-state index contributed by atoms with van der Waals surface area (Å²) >= 11 is 0. The van der Waals surface area contributed by atoms with Gasteiger partial charge < -0.3 is 0 Å². The van der Waals surface area contributed by atoms with E-state index in [4.69, 9.17) is 0 Å². The van der Waals surface area contributed by atoms with Crippen molar-refractivity contribution in [3.05, 3.63) is 77.9 Å². The third-order valence-corrected chi connectivity index (χ3v) is 3.67. The highest BCUT2D eigenvalue weighted by molar-refractivity contribution is 6.01. The van der Waals surface area contributed by atoms with E-state index in [0.29, 0.717) is 0 Å². The number of hydrogen-bond donors (Lipinski definition) is 0. The molecule has 0 radical (unpaired) electrons. The molecule has 0 heterocycles. The molecule has 2 rings (SSSR count).